The molecule has 1 fully saturated rings. The maximum absolute atomic E-state index is 13.5. The number of nitrogens with zero attached hydrogens (tertiary/aromatic N) is 2. The van der Waals surface area contributed by atoms with Crippen molar-refractivity contribution >= 4 is 17.6 Å². The summed E-state index contributed by atoms with van der Waals surface area (Å²) in [5, 5.41) is 26.9. The number of ether oxygens (including phenoxy) is 2. The van der Waals surface area contributed by atoms with Crippen LogP contribution < -0.4 is 9.47 Å². The molecule has 0 atom stereocenters. The number of carbonyl (C=O) groups excluding carboxylic acids is 1. The molecule has 2 heterocycles. The van der Waals surface area contributed by atoms with Gasteiger partial charge in [0.15, 0.2) is 23.9 Å². The van der Waals surface area contributed by atoms with Crippen LogP contribution in [0.4, 0.5) is 0 Å². The van der Waals surface area contributed by atoms with Gasteiger partial charge in [-0.3, -0.25) is 10.2 Å². The summed E-state index contributed by atoms with van der Waals surface area (Å²) >= 11 is 0. The predicted molar refractivity (Wildman–Crippen MR) is 138 cm³/mol. The first-order valence-electron chi connectivity index (χ1n) is 12.7. The maximum atomic E-state index is 13.5. The first-order chi connectivity index (χ1) is 17.6. The molecule has 0 unspecified atom stereocenters. The lowest BCUT2D eigenvalue weighted by Crippen LogP contribution is -2.30. The number of carboxylic acids is 1. The van der Waals surface area contributed by atoms with Crippen LogP contribution in [0, 0.1) is 5.41 Å². The lowest BCUT2D eigenvalue weighted by atomic mass is 9.84. The van der Waals surface area contributed by atoms with Gasteiger partial charge in [0, 0.05) is 41.5 Å². The van der Waals surface area contributed by atoms with Gasteiger partial charge >= 0.3 is 5.97 Å². The highest BCUT2D eigenvalue weighted by atomic mass is 16.5. The molecule has 9 heteroatoms. The number of Topliss-reactive ketones (excluding diaryl/α,β-unsaturated/α-hetero) is 1. The standard InChI is InChI=1S/C28H35N3O6/c1-28(2,3)20-12-19(13-23(36-11-5-4-10-32)26(20)37-16-24(34)35)22(33)15-31-14-18-8-9-21(17-6-7-17)30-25(18)27(31)29/h8-9,12-13,17,29,32H,4-7,10-11,14-16H2,1-3H3,(H,34,35). The second kappa shape index (κ2) is 10.9. The summed E-state index contributed by atoms with van der Waals surface area (Å²) in [6.45, 7) is 6.11. The van der Waals surface area contributed by atoms with Gasteiger partial charge in [0.05, 0.1) is 13.2 Å². The first kappa shape index (κ1) is 26.6. The van der Waals surface area contributed by atoms with Crippen molar-refractivity contribution in [2.24, 2.45) is 0 Å². The van der Waals surface area contributed by atoms with E-state index >= 15 is 0 Å². The van der Waals surface area contributed by atoms with Gasteiger partial charge in [-0.1, -0.05) is 26.8 Å². The van der Waals surface area contributed by atoms with E-state index < -0.39 is 18.0 Å². The summed E-state index contributed by atoms with van der Waals surface area (Å²) in [6, 6.07) is 7.36. The van der Waals surface area contributed by atoms with Crippen molar-refractivity contribution in [2.75, 3.05) is 26.4 Å². The number of nitrogens with one attached hydrogen (secondary N) is 1. The highest BCUT2D eigenvalue weighted by Crippen LogP contribution is 2.41. The van der Waals surface area contributed by atoms with Gasteiger partial charge in [-0.25, -0.2) is 9.78 Å². The Kier molecular flexibility index (Phi) is 7.82. The van der Waals surface area contributed by atoms with Gasteiger partial charge in [0.25, 0.3) is 0 Å². The van der Waals surface area contributed by atoms with Gasteiger partial charge in [0.2, 0.25) is 0 Å². The summed E-state index contributed by atoms with van der Waals surface area (Å²) in [5.74, 6) is 0.0392. The van der Waals surface area contributed by atoms with Crippen molar-refractivity contribution in [1.29, 1.82) is 5.41 Å². The van der Waals surface area contributed by atoms with E-state index in [1.54, 1.807) is 17.0 Å². The van der Waals surface area contributed by atoms with Gasteiger partial charge in [-0.05, 0) is 49.3 Å². The van der Waals surface area contributed by atoms with Crippen molar-refractivity contribution in [3.05, 3.63) is 52.3 Å². The molecule has 1 saturated carbocycles. The van der Waals surface area contributed by atoms with Crippen LogP contribution in [0.3, 0.4) is 0 Å². The Bertz CT molecular complexity index is 1200. The zero-order valence-electron chi connectivity index (χ0n) is 21.7. The molecule has 1 aliphatic heterocycles. The topological polar surface area (TPSA) is 133 Å². The fourth-order valence-electron chi connectivity index (χ4n) is 4.38. The fourth-order valence-corrected chi connectivity index (χ4v) is 4.38. The Hall–Kier alpha value is -3.46. The minimum absolute atomic E-state index is 0.0107. The van der Waals surface area contributed by atoms with E-state index in [0.29, 0.717) is 53.6 Å². The molecule has 9 nitrogen and oxygen atoms in total. The lowest BCUT2D eigenvalue weighted by molar-refractivity contribution is -0.139. The average molecular weight is 510 g/mol. The molecular formula is C28H35N3O6. The number of aliphatic hydroxyl groups excluding tert-OH is 1. The molecule has 1 aromatic carbocycles. The number of aromatic nitrogens is 1. The normalized spacial score (nSPS) is 15.0. The van der Waals surface area contributed by atoms with Crippen LogP contribution in [0.2, 0.25) is 0 Å². The van der Waals surface area contributed by atoms with E-state index in [1.807, 2.05) is 32.9 Å². The van der Waals surface area contributed by atoms with Crippen LogP contribution in [0.5, 0.6) is 11.5 Å². The molecule has 1 aliphatic carbocycles. The van der Waals surface area contributed by atoms with Crippen LogP contribution >= 0.6 is 0 Å². The number of unbranched alkanes of at least 4 members (excludes halogenated alkanes) is 1. The Labute approximate surface area is 216 Å². The number of aliphatic carboxylic acids is 1. The van der Waals surface area contributed by atoms with E-state index in [2.05, 4.69) is 0 Å². The van der Waals surface area contributed by atoms with E-state index in [0.717, 1.165) is 24.1 Å². The Morgan fingerprint density at radius 3 is 2.57 bits per heavy atom. The summed E-state index contributed by atoms with van der Waals surface area (Å²) in [4.78, 5) is 31.1. The van der Waals surface area contributed by atoms with Crippen molar-refractivity contribution < 1.29 is 29.3 Å². The number of benzene rings is 1. The van der Waals surface area contributed by atoms with Gasteiger partial charge < -0.3 is 24.6 Å². The largest absolute Gasteiger partial charge is 0.490 e. The third kappa shape index (κ3) is 6.28. The van der Waals surface area contributed by atoms with Gasteiger partial charge in [0.1, 0.15) is 11.5 Å². The van der Waals surface area contributed by atoms with Gasteiger partial charge in [-0.15, -0.1) is 0 Å². The first-order valence-corrected chi connectivity index (χ1v) is 12.7. The third-order valence-electron chi connectivity index (χ3n) is 6.57. The number of hydrogen-bond donors (Lipinski definition) is 3. The summed E-state index contributed by atoms with van der Waals surface area (Å²) in [6.07, 6.45) is 3.42. The van der Waals surface area contributed by atoms with Crippen molar-refractivity contribution in [3.63, 3.8) is 0 Å². The van der Waals surface area contributed by atoms with Crippen LogP contribution in [0.15, 0.2) is 24.3 Å². The van der Waals surface area contributed by atoms with Crippen LogP contribution in [-0.4, -0.2) is 64.1 Å². The predicted octanol–water partition coefficient (Wildman–Crippen LogP) is 3.90. The van der Waals surface area contributed by atoms with Crippen LogP contribution in [0.1, 0.15) is 85.2 Å². The molecule has 3 N–H and O–H groups in total. The molecule has 0 radical (unpaired) electrons. The number of ketones is 1. The van der Waals surface area contributed by atoms with E-state index in [4.69, 9.17) is 25.0 Å². The molecule has 37 heavy (non-hydrogen) atoms. The number of pyridine rings is 1. The van der Waals surface area contributed by atoms with E-state index in [1.165, 1.54) is 0 Å². The number of fused-ring (bicyclic) bond motifs is 1. The molecular weight excluding hydrogens is 474 g/mol. The Morgan fingerprint density at radius 2 is 1.92 bits per heavy atom. The molecule has 4 rings (SSSR count). The summed E-state index contributed by atoms with van der Waals surface area (Å²) in [5.41, 5.74) is 3.22. The SMILES string of the molecule is CC(C)(C)c1cc(C(=O)CN2Cc3ccc(C4CC4)nc3C2=N)cc(OCCCCO)c1OCC(=O)O. The second-order valence-electron chi connectivity index (χ2n) is 10.7. The monoisotopic (exact) mass is 509 g/mol. The number of rotatable bonds is 12. The minimum Gasteiger partial charge on any atom is -0.490 e. The van der Waals surface area contributed by atoms with Crippen molar-refractivity contribution in [1.82, 2.24) is 9.88 Å². The maximum Gasteiger partial charge on any atom is 0.341 e. The molecule has 198 valence electrons. The quantitative estimate of drug-likeness (QED) is 0.290. The second-order valence-corrected chi connectivity index (χ2v) is 10.7. The highest BCUT2D eigenvalue weighted by molar-refractivity contribution is 6.04. The molecule has 1 aromatic heterocycles. The Morgan fingerprint density at radius 1 is 1.16 bits per heavy atom. The molecule has 2 aliphatic rings. The number of hydrogen-bond acceptors (Lipinski definition) is 7. The molecule has 0 spiro atoms. The summed E-state index contributed by atoms with van der Waals surface area (Å²) < 4.78 is 11.6. The average Bonchev–Trinajstić information content (AvgIpc) is 3.65. The number of aliphatic hydroxyl groups is 1. The number of carbonyl (C=O) groups is 2. The smallest absolute Gasteiger partial charge is 0.341 e. The third-order valence-corrected chi connectivity index (χ3v) is 6.57. The molecule has 0 bridgehead atoms. The summed E-state index contributed by atoms with van der Waals surface area (Å²) in [7, 11) is 0. The fraction of sp³-hybridized carbons (Fsp3) is 0.500. The van der Waals surface area contributed by atoms with Crippen molar-refractivity contribution in [2.45, 2.75) is 64.3 Å². The van der Waals surface area contributed by atoms with Crippen LogP contribution in [0.25, 0.3) is 0 Å². The highest BCUT2D eigenvalue weighted by Gasteiger charge is 2.32. The lowest BCUT2D eigenvalue weighted by Gasteiger charge is -2.26. The van der Waals surface area contributed by atoms with Crippen LogP contribution in [-0.2, 0) is 16.8 Å². The Balaban J connectivity index is 1.59. The van der Waals surface area contributed by atoms with Gasteiger partial charge in [-0.2, -0.15) is 0 Å². The number of amidine groups is 1. The van der Waals surface area contributed by atoms with E-state index in [9.17, 15) is 14.7 Å². The number of carboxylic acid groups (broad SMARTS) is 1. The van der Waals surface area contributed by atoms with Crippen molar-refractivity contribution in [3.8, 4) is 11.5 Å². The van der Waals surface area contributed by atoms with E-state index in [-0.39, 0.29) is 31.4 Å². The molecule has 2 aromatic rings. The molecule has 0 amide bonds. The zero-order chi connectivity index (χ0) is 26.7. The molecule has 0 saturated heterocycles. The zero-order valence-corrected chi connectivity index (χ0v) is 21.7. The minimum atomic E-state index is -1.11.